The Hall–Kier alpha value is -2.36. The van der Waals surface area contributed by atoms with Crippen molar-refractivity contribution in [2.24, 2.45) is 7.05 Å². The van der Waals surface area contributed by atoms with E-state index in [9.17, 15) is 9.90 Å². The van der Waals surface area contributed by atoms with Crippen LogP contribution in [0.25, 0.3) is 0 Å². The monoisotopic (exact) mass is 400 g/mol. The molecule has 0 aromatic carbocycles. The minimum atomic E-state index is -1.06. The highest BCUT2D eigenvalue weighted by Crippen LogP contribution is 2.39. The Morgan fingerprint density at radius 3 is 2.72 bits per heavy atom. The van der Waals surface area contributed by atoms with E-state index in [2.05, 4.69) is 25.2 Å². The number of aryl methyl sites for hydroxylation is 1. The van der Waals surface area contributed by atoms with Crippen LogP contribution in [0.4, 0.5) is 0 Å². The van der Waals surface area contributed by atoms with Gasteiger partial charge in [-0.2, -0.15) is 0 Å². The third-order valence-electron chi connectivity index (χ3n) is 6.14. The van der Waals surface area contributed by atoms with Crippen molar-refractivity contribution in [1.29, 1.82) is 0 Å². The molecule has 2 aromatic rings. The van der Waals surface area contributed by atoms with Crippen molar-refractivity contribution in [3.8, 4) is 0 Å². The van der Waals surface area contributed by atoms with Gasteiger partial charge in [-0.05, 0) is 19.8 Å². The second-order valence-corrected chi connectivity index (χ2v) is 8.38. The summed E-state index contributed by atoms with van der Waals surface area (Å²) in [6.45, 7) is 4.64. The highest BCUT2D eigenvalue weighted by molar-refractivity contribution is 5.92. The predicted octanol–water partition coefficient (Wildman–Crippen LogP) is 0.515. The van der Waals surface area contributed by atoms with Gasteiger partial charge < -0.3 is 19.7 Å². The fourth-order valence-corrected chi connectivity index (χ4v) is 4.30. The Kier molecular flexibility index (Phi) is 5.37. The molecule has 0 bridgehead atoms. The van der Waals surface area contributed by atoms with E-state index in [4.69, 9.17) is 4.74 Å². The Bertz CT molecular complexity index is 845. The molecule has 2 fully saturated rings. The molecular formula is C20H28N6O3. The van der Waals surface area contributed by atoms with Gasteiger partial charge in [-0.1, -0.05) is 0 Å². The minimum absolute atomic E-state index is 0.228. The molecule has 156 valence electrons. The number of rotatable bonds is 4. The minimum Gasteiger partial charge on any atom is -0.388 e. The molecule has 0 radical (unpaired) electrons. The molecule has 9 nitrogen and oxygen atoms in total. The third-order valence-corrected chi connectivity index (χ3v) is 6.14. The van der Waals surface area contributed by atoms with Crippen molar-refractivity contribution < 1.29 is 14.6 Å². The van der Waals surface area contributed by atoms with Crippen LogP contribution in [0.5, 0.6) is 0 Å². The van der Waals surface area contributed by atoms with Gasteiger partial charge in [0.25, 0.3) is 5.91 Å². The molecule has 0 unspecified atom stereocenters. The lowest BCUT2D eigenvalue weighted by atomic mass is 9.75. The van der Waals surface area contributed by atoms with E-state index in [1.165, 1.54) is 18.6 Å². The molecule has 0 aliphatic carbocycles. The average molecular weight is 400 g/mol. The molecule has 1 amide bonds. The van der Waals surface area contributed by atoms with E-state index in [0.29, 0.717) is 6.42 Å². The van der Waals surface area contributed by atoms with Gasteiger partial charge in [0.2, 0.25) is 0 Å². The number of carbonyl (C=O) groups excluding carboxylic acids is 1. The maximum absolute atomic E-state index is 12.4. The summed E-state index contributed by atoms with van der Waals surface area (Å²) in [5.41, 5.74) is -1.18. The summed E-state index contributed by atoms with van der Waals surface area (Å²) in [6.07, 6.45) is 10.3. The molecule has 2 saturated heterocycles. The van der Waals surface area contributed by atoms with Crippen LogP contribution in [-0.4, -0.2) is 72.4 Å². The van der Waals surface area contributed by atoms with Gasteiger partial charge in [-0.3, -0.25) is 14.7 Å². The number of piperidine rings is 1. The molecule has 2 atom stereocenters. The first-order valence-corrected chi connectivity index (χ1v) is 9.99. The first kappa shape index (κ1) is 19.9. The van der Waals surface area contributed by atoms with Crippen molar-refractivity contribution in [1.82, 2.24) is 29.7 Å². The van der Waals surface area contributed by atoms with Crippen molar-refractivity contribution >= 4 is 5.91 Å². The molecule has 9 heteroatoms. The predicted molar refractivity (Wildman–Crippen MR) is 105 cm³/mol. The lowest BCUT2D eigenvalue weighted by Gasteiger charge is -2.51. The van der Waals surface area contributed by atoms with Crippen LogP contribution in [0.2, 0.25) is 0 Å². The van der Waals surface area contributed by atoms with E-state index in [-0.39, 0.29) is 23.8 Å². The van der Waals surface area contributed by atoms with Crippen LogP contribution in [0.15, 0.2) is 31.0 Å². The molecule has 2 aliphatic rings. The zero-order chi connectivity index (χ0) is 20.5. The van der Waals surface area contributed by atoms with E-state index < -0.39 is 11.6 Å². The van der Waals surface area contributed by atoms with Gasteiger partial charge in [0.1, 0.15) is 11.5 Å². The summed E-state index contributed by atoms with van der Waals surface area (Å²) in [7, 11) is 2.00. The van der Waals surface area contributed by atoms with Crippen LogP contribution >= 0.6 is 0 Å². The van der Waals surface area contributed by atoms with E-state index in [1.54, 1.807) is 6.92 Å². The fourth-order valence-electron chi connectivity index (χ4n) is 4.30. The number of likely N-dealkylation sites (tertiary alicyclic amines) is 1. The zero-order valence-electron chi connectivity index (χ0n) is 16.9. The van der Waals surface area contributed by atoms with Crippen LogP contribution in [-0.2, 0) is 18.3 Å². The Balaban J connectivity index is 1.34. The highest BCUT2D eigenvalue weighted by Gasteiger charge is 2.49. The van der Waals surface area contributed by atoms with Gasteiger partial charge in [-0.25, -0.2) is 9.97 Å². The third kappa shape index (κ3) is 4.31. The molecule has 4 heterocycles. The molecule has 2 aliphatic heterocycles. The largest absolute Gasteiger partial charge is 0.388 e. The number of carbonyl (C=O) groups is 1. The quantitative estimate of drug-likeness (QED) is 0.771. The summed E-state index contributed by atoms with van der Waals surface area (Å²) >= 11 is 0. The smallest absolute Gasteiger partial charge is 0.271 e. The van der Waals surface area contributed by atoms with E-state index >= 15 is 0 Å². The number of aliphatic hydroxyl groups is 1. The van der Waals surface area contributed by atoms with Gasteiger partial charge in [0, 0.05) is 51.3 Å². The first-order valence-electron chi connectivity index (χ1n) is 9.99. The standard InChI is InChI=1S/C20H28N6O3/c1-19(28)14-20(3-8-26(9-4-20)12-17-23-7-10-25(17)2)29-13-16(19)24-18(27)15-11-21-5-6-22-15/h5-7,10-11,16,28H,3-4,8-9,12-14H2,1-2H3,(H,24,27)/t16-,19-/m0/s1. The summed E-state index contributed by atoms with van der Waals surface area (Å²) in [4.78, 5) is 27.1. The maximum atomic E-state index is 12.4. The zero-order valence-corrected chi connectivity index (χ0v) is 16.9. The summed E-state index contributed by atoms with van der Waals surface area (Å²) in [5, 5.41) is 14.0. The number of hydrogen-bond acceptors (Lipinski definition) is 7. The fraction of sp³-hybridized carbons (Fsp3) is 0.600. The van der Waals surface area contributed by atoms with Crippen LogP contribution < -0.4 is 5.32 Å². The maximum Gasteiger partial charge on any atom is 0.271 e. The Morgan fingerprint density at radius 2 is 2.10 bits per heavy atom. The van der Waals surface area contributed by atoms with E-state index in [0.717, 1.165) is 38.3 Å². The van der Waals surface area contributed by atoms with Gasteiger partial charge in [-0.15, -0.1) is 0 Å². The molecule has 1 spiro atoms. The number of aromatic nitrogens is 4. The van der Waals surface area contributed by atoms with Gasteiger partial charge in [0.15, 0.2) is 0 Å². The molecule has 29 heavy (non-hydrogen) atoms. The summed E-state index contributed by atoms with van der Waals surface area (Å²) in [5.74, 6) is 0.692. The highest BCUT2D eigenvalue weighted by atomic mass is 16.5. The van der Waals surface area contributed by atoms with Crippen LogP contribution in [0.1, 0.15) is 42.5 Å². The number of ether oxygens (including phenoxy) is 1. The molecule has 4 rings (SSSR count). The van der Waals surface area contributed by atoms with Crippen molar-refractivity contribution in [3.63, 3.8) is 0 Å². The van der Waals surface area contributed by atoms with Crippen molar-refractivity contribution in [3.05, 3.63) is 42.5 Å². The number of hydrogen-bond donors (Lipinski definition) is 2. The van der Waals surface area contributed by atoms with Gasteiger partial charge >= 0.3 is 0 Å². The van der Waals surface area contributed by atoms with Crippen molar-refractivity contribution in [2.75, 3.05) is 19.7 Å². The van der Waals surface area contributed by atoms with Crippen molar-refractivity contribution in [2.45, 2.75) is 50.0 Å². The molecule has 2 aromatic heterocycles. The molecular weight excluding hydrogens is 372 g/mol. The average Bonchev–Trinajstić information content (AvgIpc) is 3.11. The molecule has 0 saturated carbocycles. The second kappa shape index (κ2) is 7.81. The SMILES string of the molecule is Cn1ccnc1CN1CCC2(CC1)C[C@](C)(O)[C@@H](NC(=O)c1cnccn1)CO2. The number of nitrogens with zero attached hydrogens (tertiary/aromatic N) is 5. The number of nitrogens with one attached hydrogen (secondary N) is 1. The van der Waals surface area contributed by atoms with Gasteiger partial charge in [0.05, 0.1) is 36.6 Å². The number of imidazole rings is 1. The number of amides is 1. The first-order chi connectivity index (χ1) is 13.9. The lowest BCUT2D eigenvalue weighted by molar-refractivity contribution is -0.186. The van der Waals surface area contributed by atoms with Crippen LogP contribution in [0.3, 0.4) is 0 Å². The summed E-state index contributed by atoms with van der Waals surface area (Å²) < 4.78 is 8.28. The van der Waals surface area contributed by atoms with E-state index in [1.807, 2.05) is 24.0 Å². The Labute approximate surface area is 170 Å². The second-order valence-electron chi connectivity index (χ2n) is 8.38. The normalized spacial score (nSPS) is 27.1. The van der Waals surface area contributed by atoms with Crippen LogP contribution in [0, 0.1) is 0 Å². The lowest BCUT2D eigenvalue weighted by Crippen LogP contribution is -2.63. The molecule has 2 N–H and O–H groups in total. The topological polar surface area (TPSA) is 105 Å². The summed E-state index contributed by atoms with van der Waals surface area (Å²) in [6, 6.07) is -0.492. The Morgan fingerprint density at radius 1 is 1.31 bits per heavy atom.